The minimum Gasteiger partial charge on any atom is -0.356 e. The summed E-state index contributed by atoms with van der Waals surface area (Å²) in [6, 6.07) is 14.6. The van der Waals surface area contributed by atoms with Crippen LogP contribution in [0.3, 0.4) is 0 Å². The number of amides is 1. The molecule has 4 N–H and O–H groups in total. The lowest BCUT2D eigenvalue weighted by Gasteiger charge is -2.07. The van der Waals surface area contributed by atoms with Gasteiger partial charge >= 0.3 is 0 Å². The molecule has 1 amide bonds. The molecular formula is C19H25N3O3S. The maximum absolute atomic E-state index is 11.8. The molecule has 2 aromatic rings. The van der Waals surface area contributed by atoms with Crippen LogP contribution in [0.25, 0.3) is 0 Å². The second-order valence-electron chi connectivity index (χ2n) is 6.20. The van der Waals surface area contributed by atoms with E-state index in [-0.39, 0.29) is 10.8 Å². The Hall–Kier alpha value is -2.22. The number of primary sulfonamides is 1. The number of hydrogen-bond donors (Lipinski definition) is 3. The molecule has 0 saturated carbocycles. The van der Waals surface area contributed by atoms with Crippen LogP contribution in [0.2, 0.25) is 0 Å². The molecule has 0 aliphatic rings. The van der Waals surface area contributed by atoms with Crippen molar-refractivity contribution in [2.45, 2.75) is 31.2 Å². The first kappa shape index (κ1) is 20.1. The van der Waals surface area contributed by atoms with Gasteiger partial charge in [-0.3, -0.25) is 4.79 Å². The number of hydrogen-bond acceptors (Lipinski definition) is 4. The molecule has 0 radical (unpaired) electrons. The van der Waals surface area contributed by atoms with E-state index < -0.39 is 10.0 Å². The normalized spacial score (nSPS) is 11.3. The zero-order valence-electron chi connectivity index (χ0n) is 14.9. The van der Waals surface area contributed by atoms with Crippen LogP contribution in [0, 0.1) is 6.92 Å². The Bertz CT molecular complexity index is 816. The standard InChI is InChI=1S/C19H25N3O3S/c1-15-2-4-17(5-3-15)14-21-12-11-19(23)22-13-10-16-6-8-18(9-7-16)26(20,24)25/h2-9,21H,10-14H2,1H3,(H,22,23)(H2,20,24,25). The number of sulfonamides is 1. The van der Waals surface area contributed by atoms with E-state index in [0.29, 0.717) is 25.9 Å². The lowest BCUT2D eigenvalue weighted by molar-refractivity contribution is -0.120. The summed E-state index contributed by atoms with van der Waals surface area (Å²) in [4.78, 5) is 11.9. The fourth-order valence-corrected chi connectivity index (χ4v) is 2.94. The van der Waals surface area contributed by atoms with Crippen LogP contribution < -0.4 is 15.8 Å². The molecule has 0 aliphatic carbocycles. The molecule has 0 saturated heterocycles. The number of benzene rings is 2. The fraction of sp³-hybridized carbons (Fsp3) is 0.316. The van der Waals surface area contributed by atoms with Crippen molar-refractivity contribution in [3.8, 4) is 0 Å². The summed E-state index contributed by atoms with van der Waals surface area (Å²) in [5, 5.41) is 11.2. The van der Waals surface area contributed by atoms with Gasteiger partial charge in [-0.2, -0.15) is 0 Å². The number of nitrogens with one attached hydrogen (secondary N) is 2. The van der Waals surface area contributed by atoms with Gasteiger partial charge in [0, 0.05) is 26.1 Å². The fourth-order valence-electron chi connectivity index (χ4n) is 2.42. The first-order chi connectivity index (χ1) is 12.3. The molecule has 0 aromatic heterocycles. The predicted octanol–water partition coefficient (Wildman–Crippen LogP) is 1.48. The van der Waals surface area contributed by atoms with Gasteiger partial charge in [0.05, 0.1) is 4.90 Å². The van der Waals surface area contributed by atoms with Crippen molar-refractivity contribution in [3.05, 3.63) is 65.2 Å². The molecule has 0 bridgehead atoms. The average Bonchev–Trinajstić information content (AvgIpc) is 2.60. The molecule has 140 valence electrons. The van der Waals surface area contributed by atoms with E-state index >= 15 is 0 Å². The van der Waals surface area contributed by atoms with Gasteiger partial charge in [0.1, 0.15) is 0 Å². The highest BCUT2D eigenvalue weighted by atomic mass is 32.2. The van der Waals surface area contributed by atoms with Crippen molar-refractivity contribution in [1.29, 1.82) is 0 Å². The molecule has 2 aromatic carbocycles. The van der Waals surface area contributed by atoms with Crippen molar-refractivity contribution < 1.29 is 13.2 Å². The van der Waals surface area contributed by atoms with E-state index in [1.165, 1.54) is 23.3 Å². The molecule has 7 heteroatoms. The summed E-state index contributed by atoms with van der Waals surface area (Å²) in [7, 11) is -3.67. The van der Waals surface area contributed by atoms with Crippen molar-refractivity contribution in [1.82, 2.24) is 10.6 Å². The highest BCUT2D eigenvalue weighted by Gasteiger charge is 2.07. The van der Waals surface area contributed by atoms with Gasteiger partial charge in [0.2, 0.25) is 15.9 Å². The lowest BCUT2D eigenvalue weighted by Crippen LogP contribution is -2.29. The van der Waals surface area contributed by atoms with E-state index in [9.17, 15) is 13.2 Å². The van der Waals surface area contributed by atoms with Crippen molar-refractivity contribution in [3.63, 3.8) is 0 Å². The molecule has 0 atom stereocenters. The molecular weight excluding hydrogens is 350 g/mol. The van der Waals surface area contributed by atoms with Crippen LogP contribution in [-0.4, -0.2) is 27.4 Å². The molecule has 0 aliphatic heterocycles. The second-order valence-corrected chi connectivity index (χ2v) is 7.76. The molecule has 0 fully saturated rings. The van der Waals surface area contributed by atoms with E-state index in [4.69, 9.17) is 5.14 Å². The second kappa shape index (κ2) is 9.47. The number of carbonyl (C=O) groups is 1. The van der Waals surface area contributed by atoms with Crippen molar-refractivity contribution >= 4 is 15.9 Å². The quantitative estimate of drug-likeness (QED) is 0.578. The van der Waals surface area contributed by atoms with Crippen LogP contribution in [0.5, 0.6) is 0 Å². The van der Waals surface area contributed by atoms with Crippen LogP contribution in [0.15, 0.2) is 53.4 Å². The minimum atomic E-state index is -3.67. The van der Waals surface area contributed by atoms with Gasteiger partial charge in [-0.15, -0.1) is 0 Å². The van der Waals surface area contributed by atoms with E-state index in [0.717, 1.165) is 12.1 Å². The third kappa shape index (κ3) is 6.95. The first-order valence-electron chi connectivity index (χ1n) is 8.49. The maximum atomic E-state index is 11.8. The monoisotopic (exact) mass is 375 g/mol. The Morgan fingerprint density at radius 3 is 2.19 bits per heavy atom. The minimum absolute atomic E-state index is 0.0115. The highest BCUT2D eigenvalue weighted by molar-refractivity contribution is 7.89. The van der Waals surface area contributed by atoms with E-state index in [1.807, 2.05) is 0 Å². The van der Waals surface area contributed by atoms with Crippen LogP contribution >= 0.6 is 0 Å². The SMILES string of the molecule is Cc1ccc(CNCCC(=O)NCCc2ccc(S(N)(=O)=O)cc2)cc1. The van der Waals surface area contributed by atoms with Crippen LogP contribution in [0.4, 0.5) is 0 Å². The Morgan fingerprint density at radius 1 is 0.962 bits per heavy atom. The largest absolute Gasteiger partial charge is 0.356 e. The first-order valence-corrected chi connectivity index (χ1v) is 10.0. The number of aryl methyl sites for hydroxylation is 1. The summed E-state index contributed by atoms with van der Waals surface area (Å²) in [5.74, 6) is -0.0115. The van der Waals surface area contributed by atoms with E-state index in [2.05, 4.69) is 41.8 Å². The molecule has 6 nitrogen and oxygen atoms in total. The van der Waals surface area contributed by atoms with E-state index in [1.54, 1.807) is 12.1 Å². The Morgan fingerprint density at radius 2 is 1.58 bits per heavy atom. The third-order valence-electron chi connectivity index (χ3n) is 3.97. The summed E-state index contributed by atoms with van der Waals surface area (Å²) in [6.45, 7) is 3.91. The summed E-state index contributed by atoms with van der Waals surface area (Å²) in [6.07, 6.45) is 1.05. The molecule has 2 rings (SSSR count). The van der Waals surface area contributed by atoms with Gasteiger partial charge in [-0.25, -0.2) is 13.6 Å². The van der Waals surface area contributed by atoms with Crippen LogP contribution in [0.1, 0.15) is 23.1 Å². The summed E-state index contributed by atoms with van der Waals surface area (Å²) < 4.78 is 22.4. The zero-order valence-corrected chi connectivity index (χ0v) is 15.7. The average molecular weight is 375 g/mol. The van der Waals surface area contributed by atoms with Gasteiger partial charge in [0.25, 0.3) is 0 Å². The lowest BCUT2D eigenvalue weighted by atomic mass is 10.1. The predicted molar refractivity (Wildman–Crippen MR) is 102 cm³/mol. The Balaban J connectivity index is 1.62. The molecule has 0 spiro atoms. The summed E-state index contributed by atoms with van der Waals surface area (Å²) >= 11 is 0. The Kier molecular flexibility index (Phi) is 7.32. The highest BCUT2D eigenvalue weighted by Crippen LogP contribution is 2.09. The maximum Gasteiger partial charge on any atom is 0.238 e. The molecule has 0 heterocycles. The smallest absolute Gasteiger partial charge is 0.238 e. The van der Waals surface area contributed by atoms with Crippen molar-refractivity contribution in [2.75, 3.05) is 13.1 Å². The van der Waals surface area contributed by atoms with Gasteiger partial charge in [-0.1, -0.05) is 42.0 Å². The van der Waals surface area contributed by atoms with Gasteiger partial charge < -0.3 is 10.6 Å². The van der Waals surface area contributed by atoms with Crippen LogP contribution in [-0.2, 0) is 27.8 Å². The molecule has 0 unspecified atom stereocenters. The number of carbonyl (C=O) groups excluding carboxylic acids is 1. The number of nitrogens with two attached hydrogens (primary N) is 1. The van der Waals surface area contributed by atoms with Gasteiger partial charge in [0.15, 0.2) is 0 Å². The Labute approximate surface area is 154 Å². The summed E-state index contributed by atoms with van der Waals surface area (Å²) in [5.41, 5.74) is 3.36. The van der Waals surface area contributed by atoms with Crippen molar-refractivity contribution in [2.24, 2.45) is 5.14 Å². The molecule has 26 heavy (non-hydrogen) atoms. The third-order valence-corrected chi connectivity index (χ3v) is 4.90. The number of rotatable bonds is 9. The zero-order chi connectivity index (χ0) is 19.0. The van der Waals surface area contributed by atoms with Gasteiger partial charge in [-0.05, 0) is 36.6 Å². The topological polar surface area (TPSA) is 101 Å².